The fourth-order valence-corrected chi connectivity index (χ4v) is 0.721. The van der Waals surface area contributed by atoms with Crippen molar-refractivity contribution in [3.05, 3.63) is 20.6 Å². The lowest BCUT2D eigenvalue weighted by Crippen LogP contribution is -1.70. The van der Waals surface area contributed by atoms with Gasteiger partial charge < -0.3 is 0 Å². The van der Waals surface area contributed by atoms with Crippen LogP contribution in [0.3, 0.4) is 0 Å². The average molecular weight is 206 g/mol. The molecule has 0 saturated carbocycles. The molecule has 0 aromatic carbocycles. The largest absolute Gasteiger partial charge is 0.126 e. The maximum absolute atomic E-state index is 5.51. The molecule has 9 heavy (non-hydrogen) atoms. The smallest absolute Gasteiger partial charge is 0.0830 e. The van der Waals surface area contributed by atoms with Crippen LogP contribution in [0.25, 0.3) is 0 Å². The zero-order valence-corrected chi connectivity index (χ0v) is 7.61. The Labute approximate surface area is 74.0 Å². The lowest BCUT2D eigenvalue weighted by Gasteiger charge is -1.92. The Hall–Kier alpha value is 0.640. The highest BCUT2D eigenvalue weighted by Gasteiger charge is 2.00. The lowest BCUT2D eigenvalue weighted by molar-refractivity contribution is 1.67. The van der Waals surface area contributed by atoms with Gasteiger partial charge in [0.05, 0.1) is 10.1 Å². The number of hydrogen-bond acceptors (Lipinski definition) is 0. The molecule has 0 aromatic rings. The Morgan fingerprint density at radius 3 is 1.67 bits per heavy atom. The van der Waals surface area contributed by atoms with Crippen LogP contribution in [-0.2, 0) is 0 Å². The molecular weight excluding hydrogens is 202 g/mol. The molecule has 0 rings (SSSR count). The molecule has 0 N–H and O–H groups in total. The van der Waals surface area contributed by atoms with Gasteiger partial charge in [-0.2, -0.15) is 0 Å². The Morgan fingerprint density at radius 2 is 1.56 bits per heavy atom. The predicted molar refractivity (Wildman–Crippen MR) is 44.2 cm³/mol. The van der Waals surface area contributed by atoms with E-state index in [0.29, 0.717) is 5.03 Å². The predicted octanol–water partition coefficient (Wildman–Crippen LogP) is 4.01. The van der Waals surface area contributed by atoms with E-state index in [1.807, 2.05) is 0 Å². The summed E-state index contributed by atoms with van der Waals surface area (Å²) in [6, 6.07) is 0. The standard InChI is InChI=1S/C5H4Cl4/c1-2-3(6)4(7)5(8)9/h2H,1H3. The topological polar surface area (TPSA) is 0 Å². The Kier molecular flexibility index (Phi) is 4.77. The molecule has 4 heteroatoms. The first-order chi connectivity index (χ1) is 4.09. The molecule has 0 heterocycles. The summed E-state index contributed by atoms with van der Waals surface area (Å²) in [5.74, 6) is 0. The molecule has 0 bridgehead atoms. The Balaban J connectivity index is 4.40. The summed E-state index contributed by atoms with van der Waals surface area (Å²) in [6.07, 6.45) is 1.61. The zero-order chi connectivity index (χ0) is 7.44. The summed E-state index contributed by atoms with van der Waals surface area (Å²) in [5.41, 5.74) is 0. The van der Waals surface area contributed by atoms with Gasteiger partial charge in [0.1, 0.15) is 4.49 Å². The number of allylic oxidation sites excluding steroid dienone is 3. The van der Waals surface area contributed by atoms with Gasteiger partial charge >= 0.3 is 0 Å². The highest BCUT2D eigenvalue weighted by molar-refractivity contribution is 6.61. The van der Waals surface area contributed by atoms with Gasteiger partial charge in [-0.1, -0.05) is 52.5 Å². The summed E-state index contributed by atoms with van der Waals surface area (Å²) >= 11 is 21.6. The van der Waals surface area contributed by atoms with Crippen LogP contribution < -0.4 is 0 Å². The molecule has 0 aliphatic rings. The van der Waals surface area contributed by atoms with E-state index < -0.39 is 0 Å². The molecule has 0 amide bonds. The molecule has 0 saturated heterocycles. The second-order valence-electron chi connectivity index (χ2n) is 1.21. The highest BCUT2D eigenvalue weighted by Crippen LogP contribution is 2.26. The van der Waals surface area contributed by atoms with E-state index in [1.165, 1.54) is 0 Å². The quantitative estimate of drug-likeness (QED) is 0.568. The fourth-order valence-electron chi connectivity index (χ4n) is 0.217. The summed E-state index contributed by atoms with van der Waals surface area (Å²) in [4.78, 5) is 0. The first-order valence-corrected chi connectivity index (χ1v) is 3.63. The van der Waals surface area contributed by atoms with Gasteiger partial charge in [0.15, 0.2) is 0 Å². The molecular formula is C5H4Cl4. The highest BCUT2D eigenvalue weighted by atomic mass is 35.5. The first kappa shape index (κ1) is 9.64. The van der Waals surface area contributed by atoms with Crippen LogP contribution in [0.2, 0.25) is 0 Å². The Morgan fingerprint density at radius 1 is 1.11 bits per heavy atom. The first-order valence-electron chi connectivity index (χ1n) is 2.12. The maximum atomic E-state index is 5.51. The van der Waals surface area contributed by atoms with Crippen molar-refractivity contribution in [2.24, 2.45) is 0 Å². The van der Waals surface area contributed by atoms with Crippen LogP contribution in [0.4, 0.5) is 0 Å². The van der Waals surface area contributed by atoms with Gasteiger partial charge in [-0.15, -0.1) is 0 Å². The zero-order valence-electron chi connectivity index (χ0n) is 4.59. The van der Waals surface area contributed by atoms with Crippen molar-refractivity contribution in [2.45, 2.75) is 6.92 Å². The van der Waals surface area contributed by atoms with Gasteiger partial charge in [-0.05, 0) is 6.92 Å². The molecule has 0 fully saturated rings. The van der Waals surface area contributed by atoms with Crippen LogP contribution in [0, 0.1) is 0 Å². The van der Waals surface area contributed by atoms with Gasteiger partial charge in [0.25, 0.3) is 0 Å². The normalized spacial score (nSPS) is 11.4. The van der Waals surface area contributed by atoms with E-state index in [4.69, 9.17) is 46.4 Å². The minimum atomic E-state index is -0.0141. The van der Waals surface area contributed by atoms with Crippen molar-refractivity contribution in [3.63, 3.8) is 0 Å². The summed E-state index contributed by atoms with van der Waals surface area (Å²) in [7, 11) is 0. The van der Waals surface area contributed by atoms with Gasteiger partial charge in [0.2, 0.25) is 0 Å². The van der Waals surface area contributed by atoms with Crippen LogP contribution in [0.1, 0.15) is 6.92 Å². The second-order valence-corrected chi connectivity index (χ2v) is 2.95. The molecule has 0 aromatic heterocycles. The summed E-state index contributed by atoms with van der Waals surface area (Å²) < 4.78 is -0.0141. The van der Waals surface area contributed by atoms with Gasteiger partial charge in [-0.3, -0.25) is 0 Å². The van der Waals surface area contributed by atoms with Crippen LogP contribution >= 0.6 is 46.4 Å². The average Bonchev–Trinajstić information content (AvgIpc) is 1.84. The van der Waals surface area contributed by atoms with Crippen molar-refractivity contribution < 1.29 is 0 Å². The SMILES string of the molecule is CC=C(Cl)C(Cl)=C(Cl)Cl. The molecule has 0 nitrogen and oxygen atoms in total. The van der Waals surface area contributed by atoms with Crippen molar-refractivity contribution in [1.82, 2.24) is 0 Å². The molecule has 0 spiro atoms. The minimum absolute atomic E-state index is 0.0141. The second kappa shape index (κ2) is 4.45. The third kappa shape index (κ3) is 3.36. The molecule has 52 valence electrons. The van der Waals surface area contributed by atoms with Gasteiger partial charge in [-0.25, -0.2) is 0 Å². The number of rotatable bonds is 1. The van der Waals surface area contributed by atoms with E-state index in [2.05, 4.69) is 0 Å². The molecule has 0 unspecified atom stereocenters. The van der Waals surface area contributed by atoms with Crippen LogP contribution in [0.5, 0.6) is 0 Å². The molecule has 0 atom stereocenters. The summed E-state index contributed by atoms with van der Waals surface area (Å²) in [6.45, 7) is 1.74. The number of hydrogen-bond donors (Lipinski definition) is 0. The van der Waals surface area contributed by atoms with Crippen molar-refractivity contribution in [3.8, 4) is 0 Å². The lowest BCUT2D eigenvalue weighted by atomic mass is 10.5. The minimum Gasteiger partial charge on any atom is -0.0830 e. The molecule has 0 aliphatic heterocycles. The monoisotopic (exact) mass is 204 g/mol. The van der Waals surface area contributed by atoms with Crippen LogP contribution in [-0.4, -0.2) is 0 Å². The van der Waals surface area contributed by atoms with Crippen molar-refractivity contribution in [2.75, 3.05) is 0 Å². The van der Waals surface area contributed by atoms with E-state index in [1.54, 1.807) is 13.0 Å². The molecule has 0 aliphatic carbocycles. The van der Waals surface area contributed by atoms with Crippen molar-refractivity contribution in [1.29, 1.82) is 0 Å². The van der Waals surface area contributed by atoms with E-state index in [9.17, 15) is 0 Å². The fraction of sp³-hybridized carbons (Fsp3) is 0.200. The maximum Gasteiger partial charge on any atom is 0.126 e. The van der Waals surface area contributed by atoms with E-state index in [0.717, 1.165) is 0 Å². The molecule has 0 radical (unpaired) electrons. The van der Waals surface area contributed by atoms with Crippen LogP contribution in [0.15, 0.2) is 20.6 Å². The van der Waals surface area contributed by atoms with E-state index >= 15 is 0 Å². The van der Waals surface area contributed by atoms with Crippen molar-refractivity contribution >= 4 is 46.4 Å². The third-order valence-corrected chi connectivity index (χ3v) is 2.10. The van der Waals surface area contributed by atoms with E-state index in [-0.39, 0.29) is 9.52 Å². The Bertz CT molecular complexity index is 152. The summed E-state index contributed by atoms with van der Waals surface area (Å²) in [5, 5.41) is 0.541. The third-order valence-electron chi connectivity index (χ3n) is 0.629. The number of halogens is 4. The van der Waals surface area contributed by atoms with Gasteiger partial charge in [0, 0.05) is 0 Å².